The minimum Gasteiger partial charge on any atom is -0.477 e. The number of hydrogen-bond donors (Lipinski definition) is 1. The number of thiophene rings is 1. The molecular weight excluding hydrogens is 207 g/mol. The highest BCUT2D eigenvalue weighted by Gasteiger charge is 2.16. The van der Waals surface area contributed by atoms with Gasteiger partial charge >= 0.3 is 5.97 Å². The van der Waals surface area contributed by atoms with Crippen molar-refractivity contribution < 1.29 is 9.90 Å². The van der Waals surface area contributed by atoms with Crippen molar-refractivity contribution in [2.45, 2.75) is 6.92 Å². The summed E-state index contributed by atoms with van der Waals surface area (Å²) in [6.45, 7) is 1.69. The molecule has 0 radical (unpaired) electrons. The Kier molecular flexibility index (Phi) is 2.42. The molecule has 0 saturated carbocycles. The van der Waals surface area contributed by atoms with Gasteiger partial charge < -0.3 is 5.11 Å². The monoisotopic (exact) mass is 210 g/mol. The molecule has 0 atom stereocenters. The Labute approximate surface area is 77.4 Å². The van der Waals surface area contributed by atoms with Gasteiger partial charge in [-0.05, 0) is 12.5 Å². The average molecular weight is 211 g/mol. The molecule has 0 aliphatic heterocycles. The third-order valence-corrected chi connectivity index (χ3v) is 3.38. The molecule has 0 bridgehead atoms. The predicted octanol–water partition coefficient (Wildman–Crippen LogP) is 3.06. The smallest absolute Gasteiger partial charge is 0.347 e. The van der Waals surface area contributed by atoms with E-state index >= 15 is 0 Å². The molecule has 1 aromatic rings. The highest BCUT2D eigenvalue weighted by molar-refractivity contribution is 7.18. The van der Waals surface area contributed by atoms with Gasteiger partial charge in [-0.2, -0.15) is 0 Å². The lowest BCUT2D eigenvalue weighted by Gasteiger charge is -1.87. The summed E-state index contributed by atoms with van der Waals surface area (Å²) in [6, 6.07) is 0. The lowest BCUT2D eigenvalue weighted by atomic mass is 10.3. The maximum Gasteiger partial charge on any atom is 0.347 e. The normalized spacial score (nSPS) is 10.1. The van der Waals surface area contributed by atoms with Crippen LogP contribution in [0.1, 0.15) is 15.2 Å². The number of carboxylic acids is 1. The van der Waals surface area contributed by atoms with E-state index in [1.54, 1.807) is 6.92 Å². The second-order valence-corrected chi connectivity index (χ2v) is 3.95. The van der Waals surface area contributed by atoms with Gasteiger partial charge in [0.25, 0.3) is 0 Å². The Morgan fingerprint density at radius 1 is 1.55 bits per heavy atom. The minimum absolute atomic E-state index is 0.106. The zero-order valence-electron chi connectivity index (χ0n) is 5.52. The highest BCUT2D eigenvalue weighted by atomic mass is 35.5. The number of hydrogen-bond acceptors (Lipinski definition) is 2. The molecule has 2 nitrogen and oxygen atoms in total. The fourth-order valence-corrected chi connectivity index (χ4v) is 2.09. The van der Waals surface area contributed by atoms with E-state index in [1.807, 2.05) is 0 Å². The zero-order valence-corrected chi connectivity index (χ0v) is 7.85. The Bertz CT molecular complexity index is 306. The summed E-state index contributed by atoms with van der Waals surface area (Å²) in [7, 11) is 0. The van der Waals surface area contributed by atoms with Crippen molar-refractivity contribution >= 4 is 40.5 Å². The van der Waals surface area contributed by atoms with E-state index in [2.05, 4.69) is 0 Å². The zero-order chi connectivity index (χ0) is 8.59. The number of rotatable bonds is 1. The maximum absolute atomic E-state index is 10.5. The van der Waals surface area contributed by atoms with Crippen molar-refractivity contribution in [2.75, 3.05) is 0 Å². The second-order valence-electron chi connectivity index (χ2n) is 1.95. The molecule has 5 heteroatoms. The van der Waals surface area contributed by atoms with E-state index in [4.69, 9.17) is 28.3 Å². The van der Waals surface area contributed by atoms with Crippen LogP contribution in [0.2, 0.25) is 9.36 Å². The van der Waals surface area contributed by atoms with Gasteiger partial charge in [-0.25, -0.2) is 4.79 Å². The Balaban J connectivity index is 3.29. The van der Waals surface area contributed by atoms with Crippen molar-refractivity contribution in [3.8, 4) is 0 Å². The standard InChI is InChI=1S/C6H4Cl2O2S/c1-2-3(7)4(6(9)10)11-5(2)8/h1H3,(H,9,10). The third kappa shape index (κ3) is 1.50. The largest absolute Gasteiger partial charge is 0.477 e. The summed E-state index contributed by atoms with van der Waals surface area (Å²) in [5, 5.41) is 8.81. The van der Waals surface area contributed by atoms with Gasteiger partial charge in [0.15, 0.2) is 0 Å². The van der Waals surface area contributed by atoms with Crippen molar-refractivity contribution in [2.24, 2.45) is 0 Å². The number of halogens is 2. The van der Waals surface area contributed by atoms with Gasteiger partial charge in [0.2, 0.25) is 0 Å². The van der Waals surface area contributed by atoms with E-state index in [0.717, 1.165) is 11.3 Å². The van der Waals surface area contributed by atoms with E-state index < -0.39 is 5.97 Å². The minimum atomic E-state index is -1.03. The molecule has 1 aromatic heterocycles. The predicted molar refractivity (Wildman–Crippen MR) is 46.0 cm³/mol. The van der Waals surface area contributed by atoms with E-state index in [9.17, 15) is 4.79 Å². The van der Waals surface area contributed by atoms with Gasteiger partial charge in [-0.15, -0.1) is 11.3 Å². The van der Waals surface area contributed by atoms with Crippen LogP contribution in [-0.4, -0.2) is 11.1 Å². The fraction of sp³-hybridized carbons (Fsp3) is 0.167. The summed E-state index contributed by atoms with van der Waals surface area (Å²) < 4.78 is 0.437. The highest BCUT2D eigenvalue weighted by Crippen LogP contribution is 2.35. The van der Waals surface area contributed by atoms with Crippen LogP contribution in [0.5, 0.6) is 0 Å². The van der Waals surface area contributed by atoms with E-state index in [1.165, 1.54) is 0 Å². The van der Waals surface area contributed by atoms with Crippen LogP contribution in [0.25, 0.3) is 0 Å². The molecule has 1 rings (SSSR count). The fourth-order valence-electron chi connectivity index (χ4n) is 0.605. The van der Waals surface area contributed by atoms with Crippen LogP contribution in [0.4, 0.5) is 0 Å². The maximum atomic E-state index is 10.5. The topological polar surface area (TPSA) is 37.3 Å². The van der Waals surface area contributed by atoms with Crippen molar-refractivity contribution in [3.63, 3.8) is 0 Å². The first-order valence-electron chi connectivity index (χ1n) is 2.71. The molecule has 11 heavy (non-hydrogen) atoms. The molecule has 1 heterocycles. The van der Waals surface area contributed by atoms with Crippen LogP contribution in [0.15, 0.2) is 0 Å². The Morgan fingerprint density at radius 3 is 2.27 bits per heavy atom. The summed E-state index contributed by atoms with van der Waals surface area (Å²) in [4.78, 5) is 10.6. The van der Waals surface area contributed by atoms with E-state index in [0.29, 0.717) is 9.90 Å². The SMILES string of the molecule is Cc1c(Cl)sc(C(=O)O)c1Cl. The molecule has 0 aliphatic carbocycles. The van der Waals surface area contributed by atoms with Crippen molar-refractivity contribution in [3.05, 3.63) is 19.8 Å². The first kappa shape index (κ1) is 8.84. The molecule has 0 amide bonds. The Morgan fingerprint density at radius 2 is 2.09 bits per heavy atom. The number of carboxylic acid groups (broad SMARTS) is 1. The van der Waals surface area contributed by atoms with Gasteiger partial charge in [0, 0.05) is 0 Å². The van der Waals surface area contributed by atoms with Crippen LogP contribution in [0, 0.1) is 6.92 Å². The lowest BCUT2D eigenvalue weighted by molar-refractivity contribution is 0.0702. The molecule has 1 N–H and O–H groups in total. The molecule has 0 aliphatic rings. The van der Waals surface area contributed by atoms with Gasteiger partial charge in [0.1, 0.15) is 4.88 Å². The quantitative estimate of drug-likeness (QED) is 0.774. The van der Waals surface area contributed by atoms with Crippen LogP contribution < -0.4 is 0 Å². The summed E-state index contributed by atoms with van der Waals surface area (Å²) in [5.41, 5.74) is 0.635. The third-order valence-electron chi connectivity index (χ3n) is 1.21. The number of carbonyl (C=O) groups is 1. The van der Waals surface area contributed by atoms with Gasteiger partial charge in [-0.3, -0.25) is 0 Å². The van der Waals surface area contributed by atoms with Crippen LogP contribution in [0.3, 0.4) is 0 Å². The van der Waals surface area contributed by atoms with Crippen molar-refractivity contribution in [1.82, 2.24) is 0 Å². The first-order chi connectivity index (χ1) is 5.04. The lowest BCUT2D eigenvalue weighted by Crippen LogP contribution is -1.91. The summed E-state index contributed by atoms with van der Waals surface area (Å²) in [5.74, 6) is -1.03. The molecule has 0 unspecified atom stereocenters. The second kappa shape index (κ2) is 3.01. The first-order valence-corrected chi connectivity index (χ1v) is 4.29. The van der Waals surface area contributed by atoms with Gasteiger partial charge in [0.05, 0.1) is 9.36 Å². The Hall–Kier alpha value is -0.250. The summed E-state index contributed by atoms with van der Waals surface area (Å²) >= 11 is 12.3. The average Bonchev–Trinajstić information content (AvgIpc) is 2.17. The number of aromatic carboxylic acids is 1. The van der Waals surface area contributed by atoms with Crippen LogP contribution >= 0.6 is 34.5 Å². The molecule has 0 spiro atoms. The molecule has 0 aromatic carbocycles. The van der Waals surface area contributed by atoms with Crippen LogP contribution in [-0.2, 0) is 0 Å². The summed E-state index contributed by atoms with van der Waals surface area (Å²) in [6.07, 6.45) is 0. The van der Waals surface area contributed by atoms with Crippen molar-refractivity contribution in [1.29, 1.82) is 0 Å². The van der Waals surface area contributed by atoms with E-state index in [-0.39, 0.29) is 9.90 Å². The molecular formula is C6H4Cl2O2S. The molecule has 0 saturated heterocycles. The molecule has 60 valence electrons. The molecule has 0 fully saturated rings. The van der Waals surface area contributed by atoms with Gasteiger partial charge in [-0.1, -0.05) is 23.2 Å².